The number of carbonyl (C=O) groups is 3. The molecule has 0 saturated carbocycles. The van der Waals surface area contributed by atoms with Crippen molar-refractivity contribution in [2.24, 2.45) is 0 Å². The van der Waals surface area contributed by atoms with E-state index in [1.807, 2.05) is 0 Å². The number of nitriles is 1. The minimum absolute atomic E-state index is 0.210. The van der Waals surface area contributed by atoms with E-state index in [0.717, 1.165) is 7.11 Å². The number of carboxylic acid groups (broad SMARTS) is 1. The third-order valence-electron chi connectivity index (χ3n) is 4.62. The molecule has 0 radical (unpaired) electrons. The van der Waals surface area contributed by atoms with Crippen molar-refractivity contribution in [3.05, 3.63) is 57.2 Å². The minimum Gasteiger partial charge on any atom is -0.478 e. The monoisotopic (exact) mass is 396 g/mol. The molecule has 0 amide bonds. The van der Waals surface area contributed by atoms with Crippen molar-refractivity contribution in [3.63, 3.8) is 0 Å². The van der Waals surface area contributed by atoms with Crippen LogP contribution in [0.4, 0.5) is 0 Å². The maximum absolute atomic E-state index is 12.4. The van der Waals surface area contributed by atoms with Gasteiger partial charge in [-0.3, -0.25) is 4.79 Å². The molecule has 8 heteroatoms. The van der Waals surface area contributed by atoms with Gasteiger partial charge < -0.3 is 15.2 Å². The first-order chi connectivity index (χ1) is 13.3. The van der Waals surface area contributed by atoms with Gasteiger partial charge in [-0.1, -0.05) is 12.1 Å². The van der Waals surface area contributed by atoms with Gasteiger partial charge in [-0.25, -0.2) is 9.59 Å². The Morgan fingerprint density at radius 3 is 2.57 bits per heavy atom. The molecular formula is C20H16N2O5S. The molecule has 0 saturated heterocycles. The van der Waals surface area contributed by atoms with Gasteiger partial charge in [0.05, 0.1) is 28.9 Å². The predicted molar refractivity (Wildman–Crippen MR) is 102 cm³/mol. The van der Waals surface area contributed by atoms with Crippen LogP contribution in [-0.2, 0) is 19.1 Å². The number of carboxylic acids is 1. The lowest BCUT2D eigenvalue weighted by atomic mass is 9.78. The van der Waals surface area contributed by atoms with E-state index >= 15 is 0 Å². The Bertz CT molecular complexity index is 1130. The highest BCUT2D eigenvalue weighted by molar-refractivity contribution is 7.17. The van der Waals surface area contributed by atoms with E-state index in [4.69, 9.17) is 4.74 Å². The molecule has 1 aromatic heterocycles. The van der Waals surface area contributed by atoms with Crippen molar-refractivity contribution in [1.29, 1.82) is 5.26 Å². The summed E-state index contributed by atoms with van der Waals surface area (Å²) in [4.78, 5) is 36.8. The second-order valence-corrected chi connectivity index (χ2v) is 7.10. The van der Waals surface area contributed by atoms with Crippen LogP contribution in [0.15, 0.2) is 46.1 Å². The fourth-order valence-electron chi connectivity index (χ4n) is 3.49. The quantitative estimate of drug-likeness (QED) is 0.763. The molecule has 2 N–H and O–H groups in total. The number of carbonyl (C=O) groups excluding carboxylic acids is 2. The number of rotatable bonds is 4. The first kappa shape index (κ1) is 19.3. The number of nitrogens with one attached hydrogen (secondary N) is 1. The summed E-state index contributed by atoms with van der Waals surface area (Å²) in [5.74, 6) is -3.44. The summed E-state index contributed by atoms with van der Waals surface area (Å²) in [6.45, 7) is 2.96. The van der Waals surface area contributed by atoms with Crippen molar-refractivity contribution in [2.75, 3.05) is 7.11 Å². The molecule has 0 fully saturated rings. The molecule has 1 aliphatic rings. The van der Waals surface area contributed by atoms with E-state index < -0.39 is 17.9 Å². The van der Waals surface area contributed by atoms with Gasteiger partial charge in [0.25, 0.3) is 0 Å². The van der Waals surface area contributed by atoms with Crippen LogP contribution < -0.4 is 5.32 Å². The molecule has 1 atom stereocenters. The Balaban J connectivity index is 2.38. The van der Waals surface area contributed by atoms with Gasteiger partial charge >= 0.3 is 11.9 Å². The smallest absolute Gasteiger partial charge is 0.355 e. The molecule has 1 aliphatic heterocycles. The lowest BCUT2D eigenvalue weighted by molar-refractivity contribution is -0.138. The number of allylic oxidation sites excluding steroid dienone is 2. The van der Waals surface area contributed by atoms with Crippen LogP contribution in [-0.4, -0.2) is 29.9 Å². The number of methoxy groups -OCH3 is 1. The molecule has 28 heavy (non-hydrogen) atoms. The fourth-order valence-corrected chi connectivity index (χ4v) is 4.55. The number of aliphatic carboxylic acids is 1. The number of esters is 1. The van der Waals surface area contributed by atoms with E-state index in [0.29, 0.717) is 26.9 Å². The molecule has 7 nitrogen and oxygen atoms in total. The van der Waals surface area contributed by atoms with E-state index in [2.05, 4.69) is 11.4 Å². The van der Waals surface area contributed by atoms with Gasteiger partial charge in [-0.15, -0.1) is 11.3 Å². The SMILES string of the molecule is COC(=O)C1=C(C(=O)O)C(c2csc3c(C#N)cccc23)C(C(C)=O)=C(C)N1. The molecule has 0 bridgehead atoms. The largest absolute Gasteiger partial charge is 0.478 e. The molecule has 0 aliphatic carbocycles. The number of thiophene rings is 1. The maximum Gasteiger partial charge on any atom is 0.355 e. The average Bonchev–Trinajstić information content (AvgIpc) is 3.09. The van der Waals surface area contributed by atoms with Crippen molar-refractivity contribution < 1.29 is 24.2 Å². The highest BCUT2D eigenvalue weighted by Gasteiger charge is 2.39. The number of ketones is 1. The molecule has 142 valence electrons. The number of benzene rings is 1. The summed E-state index contributed by atoms with van der Waals surface area (Å²) in [7, 11) is 1.16. The first-order valence-electron chi connectivity index (χ1n) is 8.26. The summed E-state index contributed by atoms with van der Waals surface area (Å²) in [5.41, 5.74) is 1.19. The third-order valence-corrected chi connectivity index (χ3v) is 5.67. The predicted octanol–water partition coefficient (Wildman–Crippen LogP) is 2.83. The van der Waals surface area contributed by atoms with Crippen molar-refractivity contribution >= 4 is 39.1 Å². The number of hydrogen-bond donors (Lipinski definition) is 2. The highest BCUT2D eigenvalue weighted by atomic mass is 32.1. The standard InChI is InChI=1S/C20H16N2O5S/c1-9-14(10(2)23)15(16(19(24)25)17(22-9)20(26)27-3)13-8-28-18-11(7-21)5-4-6-12(13)18/h4-6,8,15,22H,1-3H3,(H,24,25). The lowest BCUT2D eigenvalue weighted by Crippen LogP contribution is -2.34. The van der Waals surface area contributed by atoms with Crippen LogP contribution in [0.2, 0.25) is 0 Å². The fraction of sp³-hybridized carbons (Fsp3) is 0.200. The molecule has 1 aromatic carbocycles. The third kappa shape index (κ3) is 2.96. The van der Waals surface area contributed by atoms with Crippen LogP contribution >= 0.6 is 11.3 Å². The molecular weight excluding hydrogens is 380 g/mol. The van der Waals surface area contributed by atoms with Crippen molar-refractivity contribution in [2.45, 2.75) is 19.8 Å². The number of fused-ring (bicyclic) bond motifs is 1. The number of dihydropyridines is 1. The van der Waals surface area contributed by atoms with Gasteiger partial charge in [-0.05, 0) is 36.2 Å². The lowest BCUT2D eigenvalue weighted by Gasteiger charge is -2.29. The summed E-state index contributed by atoms with van der Waals surface area (Å²) in [6.07, 6.45) is 0. The minimum atomic E-state index is -1.33. The van der Waals surface area contributed by atoms with E-state index in [1.165, 1.54) is 18.3 Å². The Morgan fingerprint density at radius 2 is 2.00 bits per heavy atom. The zero-order chi connectivity index (χ0) is 20.6. The Kier molecular flexibility index (Phi) is 5.03. The van der Waals surface area contributed by atoms with Gasteiger partial charge in [0.15, 0.2) is 5.78 Å². The average molecular weight is 396 g/mol. The van der Waals surface area contributed by atoms with Crippen LogP contribution in [0, 0.1) is 11.3 Å². The zero-order valence-electron chi connectivity index (χ0n) is 15.3. The summed E-state index contributed by atoms with van der Waals surface area (Å²) in [5, 5.41) is 24.4. The van der Waals surface area contributed by atoms with E-state index in [1.54, 1.807) is 30.5 Å². The maximum atomic E-state index is 12.4. The van der Waals surface area contributed by atoms with Gasteiger partial charge in [0.2, 0.25) is 0 Å². The Morgan fingerprint density at radius 1 is 1.29 bits per heavy atom. The highest BCUT2D eigenvalue weighted by Crippen LogP contribution is 2.44. The van der Waals surface area contributed by atoms with Gasteiger partial charge in [0.1, 0.15) is 11.8 Å². The van der Waals surface area contributed by atoms with E-state index in [-0.39, 0.29) is 22.6 Å². The molecule has 2 aromatic rings. The Hall–Kier alpha value is -3.44. The van der Waals surface area contributed by atoms with Crippen molar-refractivity contribution in [3.8, 4) is 6.07 Å². The molecule has 1 unspecified atom stereocenters. The van der Waals surface area contributed by atoms with Gasteiger partial charge in [-0.2, -0.15) is 5.26 Å². The Labute approximate surface area is 164 Å². The normalized spacial score (nSPS) is 16.6. The number of hydrogen-bond acceptors (Lipinski definition) is 7. The number of Topliss-reactive ketones (excluding diaryl/α,β-unsaturated/α-hetero) is 1. The first-order valence-corrected chi connectivity index (χ1v) is 9.14. The molecule has 0 spiro atoms. The number of ether oxygens (including phenoxy) is 1. The summed E-state index contributed by atoms with van der Waals surface area (Å²) in [6, 6.07) is 7.26. The summed E-state index contributed by atoms with van der Waals surface area (Å²) < 4.78 is 5.43. The second-order valence-electron chi connectivity index (χ2n) is 6.22. The van der Waals surface area contributed by atoms with Gasteiger partial charge in [0, 0.05) is 11.3 Å². The van der Waals surface area contributed by atoms with Crippen LogP contribution in [0.25, 0.3) is 10.1 Å². The summed E-state index contributed by atoms with van der Waals surface area (Å²) >= 11 is 1.29. The van der Waals surface area contributed by atoms with Crippen LogP contribution in [0.3, 0.4) is 0 Å². The van der Waals surface area contributed by atoms with Crippen molar-refractivity contribution in [1.82, 2.24) is 5.32 Å². The van der Waals surface area contributed by atoms with Crippen LogP contribution in [0.1, 0.15) is 30.9 Å². The number of nitrogens with zero attached hydrogens (tertiary/aromatic N) is 1. The topological polar surface area (TPSA) is 116 Å². The second kappa shape index (κ2) is 7.29. The molecule has 3 rings (SSSR count). The van der Waals surface area contributed by atoms with Crippen LogP contribution in [0.5, 0.6) is 0 Å². The van der Waals surface area contributed by atoms with E-state index in [9.17, 15) is 24.8 Å². The molecule has 2 heterocycles. The zero-order valence-corrected chi connectivity index (χ0v) is 16.1.